The molecule has 0 aliphatic carbocycles. The Bertz CT molecular complexity index is 811. The zero-order valence-corrected chi connectivity index (χ0v) is 14.4. The first-order valence-electron chi connectivity index (χ1n) is 8.28. The summed E-state index contributed by atoms with van der Waals surface area (Å²) < 4.78 is 2.18. The van der Waals surface area contributed by atoms with Crippen LogP contribution in [0.2, 0.25) is 0 Å². The Morgan fingerprint density at radius 2 is 1.74 bits per heavy atom. The van der Waals surface area contributed by atoms with Crippen molar-refractivity contribution in [3.05, 3.63) is 70.7 Å². The molecule has 1 unspecified atom stereocenters. The molecule has 0 amide bonds. The predicted octanol–water partition coefficient (Wildman–Crippen LogP) is 4.38. The van der Waals surface area contributed by atoms with Crippen molar-refractivity contribution in [1.29, 1.82) is 0 Å². The highest BCUT2D eigenvalue weighted by atomic mass is 15.0. The summed E-state index contributed by atoms with van der Waals surface area (Å²) in [6.07, 6.45) is 0.816. The van der Waals surface area contributed by atoms with Crippen molar-refractivity contribution in [2.24, 2.45) is 5.73 Å². The van der Waals surface area contributed by atoms with Crippen LogP contribution < -0.4 is 5.73 Å². The molecule has 3 aromatic rings. The average Bonchev–Trinajstić information content (AvgIpc) is 2.87. The summed E-state index contributed by atoms with van der Waals surface area (Å²) in [5.41, 5.74) is 13.2. The van der Waals surface area contributed by atoms with Crippen LogP contribution in [-0.4, -0.2) is 9.38 Å². The molecule has 1 aromatic carbocycles. The molecule has 120 valence electrons. The predicted molar refractivity (Wildman–Crippen MR) is 95.9 cm³/mol. The molecule has 3 nitrogen and oxygen atoms in total. The van der Waals surface area contributed by atoms with Gasteiger partial charge in [-0.15, -0.1) is 0 Å². The number of pyridine rings is 1. The standard InChI is InChI=1S/C20H25N3/c1-13(2)17-10-8-16(9-11-17)12-18-20(15(4)21)23-14(3)6-5-7-19(23)22-18/h5-11,13,15H,12,21H2,1-4H3. The quantitative estimate of drug-likeness (QED) is 0.777. The molecule has 2 heterocycles. The largest absolute Gasteiger partial charge is 0.323 e. The number of aryl methyl sites for hydroxylation is 1. The number of nitrogens with zero attached hydrogens (tertiary/aromatic N) is 2. The molecule has 0 aliphatic rings. The number of aromatic nitrogens is 2. The van der Waals surface area contributed by atoms with Crippen LogP contribution in [0.25, 0.3) is 5.65 Å². The van der Waals surface area contributed by atoms with E-state index in [9.17, 15) is 0 Å². The molecule has 0 spiro atoms. The third kappa shape index (κ3) is 3.02. The number of hydrogen-bond acceptors (Lipinski definition) is 2. The van der Waals surface area contributed by atoms with Crippen LogP contribution in [0.5, 0.6) is 0 Å². The zero-order valence-electron chi connectivity index (χ0n) is 14.4. The summed E-state index contributed by atoms with van der Waals surface area (Å²) in [7, 11) is 0. The molecule has 2 N–H and O–H groups in total. The van der Waals surface area contributed by atoms with E-state index in [1.165, 1.54) is 16.8 Å². The summed E-state index contributed by atoms with van der Waals surface area (Å²) in [5, 5.41) is 0. The molecule has 0 fully saturated rings. The second-order valence-corrected chi connectivity index (χ2v) is 6.67. The fourth-order valence-corrected chi connectivity index (χ4v) is 3.14. The number of benzene rings is 1. The van der Waals surface area contributed by atoms with Gasteiger partial charge in [0.05, 0.1) is 11.4 Å². The first kappa shape index (κ1) is 15.8. The third-order valence-electron chi connectivity index (χ3n) is 4.40. The monoisotopic (exact) mass is 307 g/mol. The van der Waals surface area contributed by atoms with Crippen LogP contribution >= 0.6 is 0 Å². The van der Waals surface area contributed by atoms with E-state index >= 15 is 0 Å². The highest BCUT2D eigenvalue weighted by Gasteiger charge is 2.17. The lowest BCUT2D eigenvalue weighted by molar-refractivity contribution is 0.748. The topological polar surface area (TPSA) is 43.3 Å². The van der Waals surface area contributed by atoms with E-state index in [0.717, 1.165) is 23.5 Å². The lowest BCUT2D eigenvalue weighted by atomic mass is 9.99. The van der Waals surface area contributed by atoms with Gasteiger partial charge in [0.15, 0.2) is 0 Å². The van der Waals surface area contributed by atoms with Crippen molar-refractivity contribution in [3.8, 4) is 0 Å². The molecule has 0 radical (unpaired) electrons. The van der Waals surface area contributed by atoms with E-state index in [2.05, 4.69) is 55.5 Å². The lowest BCUT2D eigenvalue weighted by Crippen LogP contribution is -2.12. The van der Waals surface area contributed by atoms with Crippen LogP contribution in [0.15, 0.2) is 42.5 Å². The summed E-state index contributed by atoms with van der Waals surface area (Å²) in [5.74, 6) is 0.557. The SMILES string of the molecule is Cc1cccc2nc(Cc3ccc(C(C)C)cc3)c(C(C)N)n12. The number of nitrogens with two attached hydrogens (primary N) is 1. The maximum atomic E-state index is 6.25. The molecule has 0 saturated carbocycles. The molecule has 2 aromatic heterocycles. The summed E-state index contributed by atoms with van der Waals surface area (Å²) in [6, 6.07) is 15.0. The highest BCUT2D eigenvalue weighted by molar-refractivity contribution is 5.47. The van der Waals surface area contributed by atoms with Crippen LogP contribution in [0, 0.1) is 6.92 Å². The fraction of sp³-hybridized carbons (Fsp3) is 0.350. The van der Waals surface area contributed by atoms with Crippen molar-refractivity contribution in [1.82, 2.24) is 9.38 Å². The lowest BCUT2D eigenvalue weighted by Gasteiger charge is -2.11. The smallest absolute Gasteiger partial charge is 0.137 e. The minimum Gasteiger partial charge on any atom is -0.323 e. The molecule has 0 aliphatic heterocycles. The van der Waals surface area contributed by atoms with E-state index in [1.54, 1.807) is 0 Å². The van der Waals surface area contributed by atoms with Crippen molar-refractivity contribution in [3.63, 3.8) is 0 Å². The van der Waals surface area contributed by atoms with Gasteiger partial charge in [0.25, 0.3) is 0 Å². The van der Waals surface area contributed by atoms with Gasteiger partial charge in [0.1, 0.15) is 5.65 Å². The average molecular weight is 307 g/mol. The Balaban J connectivity index is 2.02. The van der Waals surface area contributed by atoms with Crippen LogP contribution in [-0.2, 0) is 6.42 Å². The molecule has 3 rings (SSSR count). The Morgan fingerprint density at radius 3 is 2.35 bits per heavy atom. The van der Waals surface area contributed by atoms with Gasteiger partial charge in [-0.2, -0.15) is 0 Å². The first-order chi connectivity index (χ1) is 11.0. The minimum atomic E-state index is -0.0453. The third-order valence-corrected chi connectivity index (χ3v) is 4.40. The van der Waals surface area contributed by atoms with E-state index in [4.69, 9.17) is 10.7 Å². The molecular weight excluding hydrogens is 282 g/mol. The summed E-state index contributed by atoms with van der Waals surface area (Å²) in [6.45, 7) is 8.56. The summed E-state index contributed by atoms with van der Waals surface area (Å²) in [4.78, 5) is 4.83. The van der Waals surface area contributed by atoms with Gasteiger partial charge in [-0.3, -0.25) is 4.40 Å². The van der Waals surface area contributed by atoms with Crippen LogP contribution in [0.3, 0.4) is 0 Å². The van der Waals surface area contributed by atoms with Gasteiger partial charge in [-0.05, 0) is 43.0 Å². The molecule has 0 bridgehead atoms. The van der Waals surface area contributed by atoms with Crippen LogP contribution in [0.1, 0.15) is 60.9 Å². The van der Waals surface area contributed by atoms with Crippen molar-refractivity contribution < 1.29 is 0 Å². The number of fused-ring (bicyclic) bond motifs is 1. The van der Waals surface area contributed by atoms with Gasteiger partial charge >= 0.3 is 0 Å². The first-order valence-corrected chi connectivity index (χ1v) is 8.28. The molecule has 23 heavy (non-hydrogen) atoms. The Hall–Kier alpha value is -2.13. The van der Waals surface area contributed by atoms with Crippen molar-refractivity contribution in [2.75, 3.05) is 0 Å². The molecule has 3 heteroatoms. The molecule has 1 atom stereocenters. The second-order valence-electron chi connectivity index (χ2n) is 6.67. The Morgan fingerprint density at radius 1 is 1.04 bits per heavy atom. The maximum absolute atomic E-state index is 6.25. The van der Waals surface area contributed by atoms with Gasteiger partial charge in [-0.1, -0.05) is 44.2 Å². The van der Waals surface area contributed by atoms with Crippen LogP contribution in [0.4, 0.5) is 0 Å². The molecular formula is C20H25N3. The second kappa shape index (κ2) is 6.17. The van der Waals surface area contributed by atoms with E-state index in [-0.39, 0.29) is 6.04 Å². The van der Waals surface area contributed by atoms with Gasteiger partial charge in [0.2, 0.25) is 0 Å². The van der Waals surface area contributed by atoms with E-state index < -0.39 is 0 Å². The van der Waals surface area contributed by atoms with Gasteiger partial charge in [-0.25, -0.2) is 4.98 Å². The maximum Gasteiger partial charge on any atom is 0.137 e. The number of hydrogen-bond donors (Lipinski definition) is 1. The number of imidazole rings is 1. The molecule has 0 saturated heterocycles. The Labute approximate surface area is 138 Å². The zero-order chi connectivity index (χ0) is 16.6. The minimum absolute atomic E-state index is 0.0453. The van der Waals surface area contributed by atoms with Gasteiger partial charge in [0, 0.05) is 18.2 Å². The fourth-order valence-electron chi connectivity index (χ4n) is 3.14. The van der Waals surface area contributed by atoms with Gasteiger partial charge < -0.3 is 5.73 Å². The van der Waals surface area contributed by atoms with Crippen molar-refractivity contribution >= 4 is 5.65 Å². The summed E-state index contributed by atoms with van der Waals surface area (Å²) >= 11 is 0. The highest BCUT2D eigenvalue weighted by Crippen LogP contribution is 2.23. The van der Waals surface area contributed by atoms with E-state index in [0.29, 0.717) is 5.92 Å². The number of rotatable bonds is 4. The normalized spacial score (nSPS) is 13.0. The van der Waals surface area contributed by atoms with E-state index in [1.807, 2.05) is 19.1 Å². The Kier molecular flexibility index (Phi) is 4.22. The van der Waals surface area contributed by atoms with Crippen molar-refractivity contribution in [2.45, 2.75) is 46.1 Å².